The number of likely N-dealkylation sites (tertiary alicyclic amines) is 1. The second kappa shape index (κ2) is 4.29. The van der Waals surface area contributed by atoms with Crippen molar-refractivity contribution in [2.75, 3.05) is 13.6 Å². The van der Waals surface area contributed by atoms with Crippen molar-refractivity contribution in [2.24, 2.45) is 5.73 Å². The van der Waals surface area contributed by atoms with Crippen LogP contribution in [0, 0.1) is 6.92 Å². The van der Waals surface area contributed by atoms with E-state index < -0.39 is 0 Å². The first kappa shape index (κ1) is 11.6. The van der Waals surface area contributed by atoms with E-state index in [4.69, 9.17) is 5.73 Å². The Morgan fingerprint density at radius 1 is 1.50 bits per heavy atom. The van der Waals surface area contributed by atoms with E-state index in [1.54, 1.807) is 6.20 Å². The molecule has 0 aliphatic carbocycles. The lowest BCUT2D eigenvalue weighted by atomic mass is 9.98. The predicted octanol–water partition coefficient (Wildman–Crippen LogP) is 0.755. The molecule has 96 valence electrons. The standard InChI is InChI=1S/C12H18N6/c1-7-11-9(17-16-7)6-14-12(15-11)10-5-8(13)3-4-18(10)2/h6,8,10H,3-5,13H2,1-2H3,(H,16,17). The van der Waals surface area contributed by atoms with Gasteiger partial charge in [0.2, 0.25) is 0 Å². The van der Waals surface area contributed by atoms with Crippen LogP contribution in [0.5, 0.6) is 0 Å². The van der Waals surface area contributed by atoms with Gasteiger partial charge in [-0.15, -0.1) is 0 Å². The fraction of sp³-hybridized carbons (Fsp3) is 0.583. The summed E-state index contributed by atoms with van der Waals surface area (Å²) in [5.74, 6) is 0.852. The Morgan fingerprint density at radius 3 is 3.17 bits per heavy atom. The van der Waals surface area contributed by atoms with E-state index in [0.717, 1.165) is 41.9 Å². The number of aromatic nitrogens is 4. The van der Waals surface area contributed by atoms with E-state index in [9.17, 15) is 0 Å². The van der Waals surface area contributed by atoms with Crippen LogP contribution in [0.2, 0.25) is 0 Å². The van der Waals surface area contributed by atoms with E-state index in [0.29, 0.717) is 0 Å². The molecule has 18 heavy (non-hydrogen) atoms. The molecule has 6 nitrogen and oxygen atoms in total. The summed E-state index contributed by atoms with van der Waals surface area (Å²) in [7, 11) is 2.10. The topological polar surface area (TPSA) is 83.7 Å². The molecular formula is C12H18N6. The summed E-state index contributed by atoms with van der Waals surface area (Å²) in [5.41, 5.74) is 8.76. The minimum atomic E-state index is 0.215. The van der Waals surface area contributed by atoms with Crippen LogP contribution in [0.4, 0.5) is 0 Å². The summed E-state index contributed by atoms with van der Waals surface area (Å²) in [4.78, 5) is 11.4. The zero-order valence-corrected chi connectivity index (χ0v) is 10.7. The van der Waals surface area contributed by atoms with Gasteiger partial charge in [0.05, 0.1) is 17.9 Å². The minimum Gasteiger partial charge on any atom is -0.328 e. The van der Waals surface area contributed by atoms with Crippen LogP contribution in [0.3, 0.4) is 0 Å². The maximum absolute atomic E-state index is 6.05. The summed E-state index contributed by atoms with van der Waals surface area (Å²) in [6.45, 7) is 2.97. The highest BCUT2D eigenvalue weighted by molar-refractivity contribution is 5.75. The molecule has 6 heteroatoms. The Bertz CT molecular complexity index is 563. The second-order valence-corrected chi connectivity index (χ2v) is 5.09. The highest BCUT2D eigenvalue weighted by Crippen LogP contribution is 2.27. The quantitative estimate of drug-likeness (QED) is 0.776. The smallest absolute Gasteiger partial charge is 0.146 e. The number of aromatic amines is 1. The van der Waals surface area contributed by atoms with Crippen molar-refractivity contribution in [3.05, 3.63) is 17.7 Å². The van der Waals surface area contributed by atoms with E-state index in [1.165, 1.54) is 0 Å². The number of nitrogens with two attached hydrogens (primary N) is 1. The Balaban J connectivity index is 1.99. The lowest BCUT2D eigenvalue weighted by Gasteiger charge is -2.34. The Labute approximate surface area is 106 Å². The van der Waals surface area contributed by atoms with E-state index in [-0.39, 0.29) is 12.1 Å². The molecule has 0 spiro atoms. The van der Waals surface area contributed by atoms with E-state index in [1.807, 2.05) is 6.92 Å². The van der Waals surface area contributed by atoms with Gasteiger partial charge in [0.1, 0.15) is 16.9 Å². The van der Waals surface area contributed by atoms with Crippen molar-refractivity contribution < 1.29 is 0 Å². The van der Waals surface area contributed by atoms with Crippen molar-refractivity contribution in [2.45, 2.75) is 31.8 Å². The molecule has 2 atom stereocenters. The zero-order chi connectivity index (χ0) is 12.7. The van der Waals surface area contributed by atoms with E-state index >= 15 is 0 Å². The number of hydrogen-bond donors (Lipinski definition) is 2. The molecule has 3 N–H and O–H groups in total. The lowest BCUT2D eigenvalue weighted by molar-refractivity contribution is 0.164. The van der Waals surface area contributed by atoms with Gasteiger partial charge in [-0.3, -0.25) is 10.00 Å². The molecule has 0 bridgehead atoms. The monoisotopic (exact) mass is 246 g/mol. The van der Waals surface area contributed by atoms with Crippen molar-refractivity contribution in [1.29, 1.82) is 0 Å². The zero-order valence-electron chi connectivity index (χ0n) is 10.7. The maximum Gasteiger partial charge on any atom is 0.146 e. The van der Waals surface area contributed by atoms with Crippen LogP contribution < -0.4 is 5.73 Å². The molecule has 1 aliphatic heterocycles. The van der Waals surface area contributed by atoms with Crippen molar-refractivity contribution in [1.82, 2.24) is 25.1 Å². The van der Waals surface area contributed by atoms with Gasteiger partial charge in [-0.2, -0.15) is 5.10 Å². The fourth-order valence-electron chi connectivity index (χ4n) is 2.52. The largest absolute Gasteiger partial charge is 0.328 e. The van der Waals surface area contributed by atoms with Crippen LogP contribution in [0.25, 0.3) is 11.0 Å². The number of rotatable bonds is 1. The first-order chi connectivity index (χ1) is 8.65. The summed E-state index contributed by atoms with van der Waals surface area (Å²) in [6.07, 6.45) is 3.74. The average molecular weight is 246 g/mol. The Kier molecular flexibility index (Phi) is 2.76. The first-order valence-corrected chi connectivity index (χ1v) is 6.28. The number of piperidine rings is 1. The third-order valence-electron chi connectivity index (χ3n) is 3.70. The fourth-order valence-corrected chi connectivity index (χ4v) is 2.52. The van der Waals surface area contributed by atoms with E-state index in [2.05, 4.69) is 32.1 Å². The third-order valence-corrected chi connectivity index (χ3v) is 3.70. The van der Waals surface area contributed by atoms with Crippen LogP contribution >= 0.6 is 0 Å². The summed E-state index contributed by atoms with van der Waals surface area (Å²) >= 11 is 0. The van der Waals surface area contributed by atoms with Gasteiger partial charge >= 0.3 is 0 Å². The van der Waals surface area contributed by atoms with Gasteiger partial charge in [0.15, 0.2) is 0 Å². The molecule has 2 aromatic heterocycles. The van der Waals surface area contributed by atoms with Gasteiger partial charge in [0.25, 0.3) is 0 Å². The SMILES string of the molecule is Cc1[nH]nc2cnc(C3CC(N)CCN3C)nc12. The molecule has 2 aromatic rings. The lowest BCUT2D eigenvalue weighted by Crippen LogP contribution is -2.40. The minimum absolute atomic E-state index is 0.215. The molecule has 1 fully saturated rings. The Hall–Kier alpha value is -1.53. The maximum atomic E-state index is 6.05. The first-order valence-electron chi connectivity index (χ1n) is 6.28. The molecule has 0 amide bonds. The van der Waals surface area contributed by atoms with Crippen LogP contribution in [-0.4, -0.2) is 44.7 Å². The second-order valence-electron chi connectivity index (χ2n) is 5.09. The molecule has 3 rings (SSSR count). The van der Waals surface area contributed by atoms with Crippen molar-refractivity contribution >= 4 is 11.0 Å². The molecule has 2 unspecified atom stereocenters. The third kappa shape index (κ3) is 1.87. The highest BCUT2D eigenvalue weighted by atomic mass is 15.2. The number of H-pyrrole nitrogens is 1. The van der Waals surface area contributed by atoms with Gasteiger partial charge in [-0.05, 0) is 26.8 Å². The van der Waals surface area contributed by atoms with Gasteiger partial charge in [0, 0.05) is 12.6 Å². The highest BCUT2D eigenvalue weighted by Gasteiger charge is 2.27. The molecule has 0 radical (unpaired) electrons. The van der Waals surface area contributed by atoms with Gasteiger partial charge in [-0.1, -0.05) is 0 Å². The molecule has 0 aromatic carbocycles. The summed E-state index contributed by atoms with van der Waals surface area (Å²) in [5, 5.41) is 7.09. The average Bonchev–Trinajstić information content (AvgIpc) is 2.74. The molecular weight excluding hydrogens is 228 g/mol. The molecule has 1 aliphatic rings. The van der Waals surface area contributed by atoms with Crippen molar-refractivity contribution in [3.63, 3.8) is 0 Å². The molecule has 0 saturated carbocycles. The van der Waals surface area contributed by atoms with Crippen LogP contribution in [0.15, 0.2) is 6.20 Å². The van der Waals surface area contributed by atoms with Crippen LogP contribution in [0.1, 0.15) is 30.4 Å². The number of nitrogens with zero attached hydrogens (tertiary/aromatic N) is 4. The number of fused-ring (bicyclic) bond motifs is 1. The molecule has 3 heterocycles. The van der Waals surface area contributed by atoms with Crippen LogP contribution in [-0.2, 0) is 0 Å². The Morgan fingerprint density at radius 2 is 2.33 bits per heavy atom. The summed E-state index contributed by atoms with van der Waals surface area (Å²) in [6, 6.07) is 0.461. The van der Waals surface area contributed by atoms with Crippen molar-refractivity contribution in [3.8, 4) is 0 Å². The predicted molar refractivity (Wildman–Crippen MR) is 69.0 cm³/mol. The number of hydrogen-bond acceptors (Lipinski definition) is 5. The van der Waals surface area contributed by atoms with Gasteiger partial charge in [-0.25, -0.2) is 9.97 Å². The normalized spacial score (nSPS) is 25.7. The number of aryl methyl sites for hydroxylation is 1. The number of nitrogens with one attached hydrogen (secondary N) is 1. The van der Waals surface area contributed by atoms with Gasteiger partial charge < -0.3 is 5.73 Å². The summed E-state index contributed by atoms with van der Waals surface area (Å²) < 4.78 is 0. The molecule has 1 saturated heterocycles.